The van der Waals surface area contributed by atoms with Crippen molar-refractivity contribution in [3.05, 3.63) is 41.7 Å². The maximum atomic E-state index is 12.2. The maximum absolute atomic E-state index is 12.2. The number of aryl methyl sites for hydroxylation is 2. The number of pyridine rings is 1. The van der Waals surface area contributed by atoms with Crippen LogP contribution in [0.2, 0.25) is 0 Å². The van der Waals surface area contributed by atoms with Crippen LogP contribution in [0.1, 0.15) is 30.2 Å². The Hall–Kier alpha value is -2.28. The molecule has 0 aromatic carbocycles. The van der Waals surface area contributed by atoms with Gasteiger partial charge < -0.3 is 5.32 Å². The van der Waals surface area contributed by atoms with Gasteiger partial charge in [0.2, 0.25) is 5.91 Å². The zero-order chi connectivity index (χ0) is 17.6. The second-order valence-corrected chi connectivity index (χ2v) is 6.73. The molecule has 1 fully saturated rings. The Morgan fingerprint density at radius 1 is 1.36 bits per heavy atom. The number of carbonyl (C=O) groups is 1. The molecular formula is C18H26N6O. The fourth-order valence-corrected chi connectivity index (χ4v) is 3.37. The van der Waals surface area contributed by atoms with Crippen molar-refractivity contribution in [2.75, 3.05) is 19.6 Å². The molecule has 1 atom stereocenters. The van der Waals surface area contributed by atoms with Gasteiger partial charge in [0, 0.05) is 19.3 Å². The van der Waals surface area contributed by atoms with Crippen molar-refractivity contribution >= 4 is 5.91 Å². The van der Waals surface area contributed by atoms with Gasteiger partial charge in [-0.05, 0) is 51.3 Å². The smallest absolute Gasteiger partial charge is 0.234 e. The minimum atomic E-state index is 0.0547. The van der Waals surface area contributed by atoms with E-state index in [-0.39, 0.29) is 5.91 Å². The summed E-state index contributed by atoms with van der Waals surface area (Å²) in [5.41, 5.74) is 0.879. The van der Waals surface area contributed by atoms with Gasteiger partial charge >= 0.3 is 0 Å². The molecule has 0 aliphatic carbocycles. The molecule has 1 unspecified atom stereocenters. The molecule has 2 aromatic heterocycles. The third kappa shape index (κ3) is 5.09. The average Bonchev–Trinajstić information content (AvgIpc) is 2.91. The molecule has 3 heterocycles. The summed E-state index contributed by atoms with van der Waals surface area (Å²) in [5, 5.41) is 7.41. The highest BCUT2D eigenvalue weighted by molar-refractivity contribution is 5.77. The van der Waals surface area contributed by atoms with Crippen LogP contribution < -0.4 is 5.32 Å². The number of piperidine rings is 1. The minimum absolute atomic E-state index is 0.0547. The molecule has 3 rings (SSSR count). The zero-order valence-electron chi connectivity index (χ0n) is 15.0. The number of nitrogens with one attached hydrogen (secondary N) is 1. The van der Waals surface area contributed by atoms with Crippen LogP contribution in [0.3, 0.4) is 0 Å². The number of amides is 1. The normalized spacial score (nSPS) is 18.2. The minimum Gasteiger partial charge on any atom is -0.349 e. The molecule has 0 radical (unpaired) electrons. The summed E-state index contributed by atoms with van der Waals surface area (Å²) in [6.45, 7) is 7.61. The first-order valence-electron chi connectivity index (χ1n) is 8.87. The summed E-state index contributed by atoms with van der Waals surface area (Å²) < 4.78 is 1.99. The van der Waals surface area contributed by atoms with E-state index in [0.717, 1.165) is 43.4 Å². The van der Waals surface area contributed by atoms with Crippen molar-refractivity contribution < 1.29 is 4.79 Å². The Kier molecular flexibility index (Phi) is 5.75. The van der Waals surface area contributed by atoms with Gasteiger partial charge in [0.25, 0.3) is 0 Å². The molecule has 0 spiro atoms. The lowest BCUT2D eigenvalue weighted by atomic mass is 9.98. The van der Waals surface area contributed by atoms with Crippen molar-refractivity contribution in [2.45, 2.75) is 39.8 Å². The van der Waals surface area contributed by atoms with Crippen LogP contribution in [-0.2, 0) is 17.9 Å². The van der Waals surface area contributed by atoms with Crippen molar-refractivity contribution in [2.24, 2.45) is 5.92 Å². The second kappa shape index (κ2) is 8.20. The summed E-state index contributed by atoms with van der Waals surface area (Å²) in [7, 11) is 0. The maximum Gasteiger partial charge on any atom is 0.234 e. The molecule has 1 saturated heterocycles. The first-order chi connectivity index (χ1) is 12.1. The fraction of sp³-hybridized carbons (Fsp3) is 0.556. The van der Waals surface area contributed by atoms with E-state index in [0.29, 0.717) is 19.0 Å². The summed E-state index contributed by atoms with van der Waals surface area (Å²) in [6, 6.07) is 5.72. The predicted octanol–water partition coefficient (Wildman–Crippen LogP) is 1.32. The zero-order valence-corrected chi connectivity index (χ0v) is 15.0. The third-order valence-corrected chi connectivity index (χ3v) is 4.56. The van der Waals surface area contributed by atoms with Gasteiger partial charge in [-0.1, -0.05) is 6.07 Å². The first-order valence-corrected chi connectivity index (χ1v) is 8.87. The molecule has 1 N–H and O–H groups in total. The van der Waals surface area contributed by atoms with Crippen LogP contribution in [0.5, 0.6) is 0 Å². The Bertz CT molecular complexity index is 699. The molecule has 2 aromatic rings. The summed E-state index contributed by atoms with van der Waals surface area (Å²) in [5.74, 6) is 2.35. The Balaban J connectivity index is 1.46. The van der Waals surface area contributed by atoms with Crippen molar-refractivity contribution in [1.29, 1.82) is 0 Å². The summed E-state index contributed by atoms with van der Waals surface area (Å²) in [4.78, 5) is 23.0. The van der Waals surface area contributed by atoms with Crippen molar-refractivity contribution in [1.82, 2.24) is 30.0 Å². The van der Waals surface area contributed by atoms with Gasteiger partial charge in [-0.25, -0.2) is 9.67 Å². The lowest BCUT2D eigenvalue weighted by Crippen LogP contribution is -2.43. The van der Waals surface area contributed by atoms with Crippen LogP contribution in [0.25, 0.3) is 0 Å². The van der Waals surface area contributed by atoms with E-state index in [4.69, 9.17) is 0 Å². The van der Waals surface area contributed by atoms with Crippen molar-refractivity contribution in [3.8, 4) is 0 Å². The van der Waals surface area contributed by atoms with Crippen LogP contribution in [0, 0.1) is 19.8 Å². The molecule has 25 heavy (non-hydrogen) atoms. The molecule has 7 nitrogen and oxygen atoms in total. The molecule has 1 amide bonds. The van der Waals surface area contributed by atoms with Gasteiger partial charge in [-0.3, -0.25) is 14.7 Å². The van der Waals surface area contributed by atoms with Gasteiger partial charge in [0.1, 0.15) is 11.6 Å². The number of aromatic nitrogens is 4. The number of likely N-dealkylation sites (tertiary alicyclic amines) is 1. The van der Waals surface area contributed by atoms with Crippen LogP contribution in [0.15, 0.2) is 24.4 Å². The molecule has 0 saturated carbocycles. The van der Waals surface area contributed by atoms with Gasteiger partial charge in [0.05, 0.1) is 18.8 Å². The average molecular weight is 342 g/mol. The van der Waals surface area contributed by atoms with E-state index in [2.05, 4.69) is 25.3 Å². The van der Waals surface area contributed by atoms with Gasteiger partial charge in [0.15, 0.2) is 0 Å². The lowest BCUT2D eigenvalue weighted by molar-refractivity contribution is -0.122. The van der Waals surface area contributed by atoms with Crippen LogP contribution in [-0.4, -0.2) is 50.2 Å². The van der Waals surface area contributed by atoms with E-state index in [1.165, 1.54) is 6.42 Å². The predicted molar refractivity (Wildman–Crippen MR) is 94.7 cm³/mol. The van der Waals surface area contributed by atoms with E-state index >= 15 is 0 Å². The highest BCUT2D eigenvalue weighted by atomic mass is 16.2. The topological polar surface area (TPSA) is 75.9 Å². The second-order valence-electron chi connectivity index (χ2n) is 6.73. The molecule has 7 heteroatoms. The van der Waals surface area contributed by atoms with E-state index in [1.807, 2.05) is 36.7 Å². The number of carbonyl (C=O) groups excluding carboxylic acids is 1. The van der Waals surface area contributed by atoms with E-state index in [1.54, 1.807) is 6.20 Å². The highest BCUT2D eigenvalue weighted by Gasteiger charge is 2.22. The quantitative estimate of drug-likeness (QED) is 0.857. The monoisotopic (exact) mass is 342 g/mol. The summed E-state index contributed by atoms with van der Waals surface area (Å²) >= 11 is 0. The SMILES string of the molecule is Cc1nc(C)n(CC2CCCN(CC(=O)NCc3ccccn3)C2)n1. The van der Waals surface area contributed by atoms with E-state index in [9.17, 15) is 4.79 Å². The highest BCUT2D eigenvalue weighted by Crippen LogP contribution is 2.18. The molecule has 0 bridgehead atoms. The Labute approximate surface area is 148 Å². The largest absolute Gasteiger partial charge is 0.349 e. The van der Waals surface area contributed by atoms with Gasteiger partial charge in [-0.2, -0.15) is 5.10 Å². The first kappa shape index (κ1) is 17.5. The van der Waals surface area contributed by atoms with Crippen molar-refractivity contribution in [3.63, 3.8) is 0 Å². The number of nitrogens with zero attached hydrogens (tertiary/aromatic N) is 5. The number of hydrogen-bond donors (Lipinski definition) is 1. The Morgan fingerprint density at radius 2 is 2.24 bits per heavy atom. The van der Waals surface area contributed by atoms with Gasteiger partial charge in [-0.15, -0.1) is 0 Å². The third-order valence-electron chi connectivity index (χ3n) is 4.56. The van der Waals surface area contributed by atoms with E-state index < -0.39 is 0 Å². The molecule has 134 valence electrons. The van der Waals surface area contributed by atoms with Crippen LogP contribution in [0.4, 0.5) is 0 Å². The fourth-order valence-electron chi connectivity index (χ4n) is 3.37. The Morgan fingerprint density at radius 3 is 2.96 bits per heavy atom. The number of hydrogen-bond acceptors (Lipinski definition) is 5. The molecule has 1 aliphatic heterocycles. The lowest BCUT2D eigenvalue weighted by Gasteiger charge is -2.32. The molecule has 1 aliphatic rings. The standard InChI is InChI=1S/C18H26N6O/c1-14-21-15(2)24(22-14)12-16-6-5-9-23(11-16)13-18(25)20-10-17-7-3-4-8-19-17/h3-4,7-8,16H,5-6,9-13H2,1-2H3,(H,20,25). The number of rotatable bonds is 6. The van der Waals surface area contributed by atoms with Crippen LogP contribution >= 0.6 is 0 Å². The molecular weight excluding hydrogens is 316 g/mol. The summed E-state index contributed by atoms with van der Waals surface area (Å²) in [6.07, 6.45) is 4.03.